The molecule has 2 heteroatoms. The summed E-state index contributed by atoms with van der Waals surface area (Å²) in [6.45, 7) is 23.9. The lowest BCUT2D eigenvalue weighted by Crippen LogP contribution is -2.64. The Morgan fingerprint density at radius 1 is 1.00 bits per heavy atom. The molecule has 8 unspecified atom stereocenters. The maximum absolute atomic E-state index is 10.6. The molecule has 2 nitrogen and oxygen atoms in total. The highest BCUT2D eigenvalue weighted by molar-refractivity contribution is 5.17. The SMILES string of the molecule is C=C(C)[C@H](CC)C1C2CCC3C(C)(CCC(C)O)C(CC)CCC3(C)[C@]2(C)CCC1(C)CO. The van der Waals surface area contributed by atoms with Gasteiger partial charge >= 0.3 is 0 Å². The molecule has 10 atom stereocenters. The fourth-order valence-corrected chi connectivity index (χ4v) is 10.1. The summed E-state index contributed by atoms with van der Waals surface area (Å²) >= 11 is 0. The second kappa shape index (κ2) is 9.61. The normalized spacial score (nSPS) is 47.3. The van der Waals surface area contributed by atoms with Crippen molar-refractivity contribution in [3.05, 3.63) is 12.2 Å². The Morgan fingerprint density at radius 3 is 2.18 bits per heavy atom. The van der Waals surface area contributed by atoms with Crippen LogP contribution in [-0.4, -0.2) is 22.9 Å². The first kappa shape index (κ1) is 27.3. The molecule has 0 aromatic heterocycles. The molecule has 3 aliphatic rings. The van der Waals surface area contributed by atoms with E-state index in [1.807, 2.05) is 6.92 Å². The van der Waals surface area contributed by atoms with Crippen LogP contribution in [0.2, 0.25) is 0 Å². The number of aliphatic hydroxyl groups excluding tert-OH is 2. The molecular weight excluding hydrogens is 404 g/mol. The van der Waals surface area contributed by atoms with Crippen molar-refractivity contribution in [2.45, 2.75) is 126 Å². The minimum atomic E-state index is -0.204. The van der Waals surface area contributed by atoms with Crippen LogP contribution in [0.5, 0.6) is 0 Å². The third-order valence-electron chi connectivity index (χ3n) is 12.3. The molecule has 3 fully saturated rings. The highest BCUT2D eigenvalue weighted by Crippen LogP contribution is 2.74. The zero-order chi connectivity index (χ0) is 24.8. The molecule has 0 saturated heterocycles. The van der Waals surface area contributed by atoms with Crippen LogP contribution >= 0.6 is 0 Å². The van der Waals surface area contributed by atoms with Crippen molar-refractivity contribution in [3.8, 4) is 0 Å². The first-order valence-corrected chi connectivity index (χ1v) is 14.3. The fraction of sp³-hybridized carbons (Fsp3) is 0.935. The van der Waals surface area contributed by atoms with E-state index in [1.165, 1.54) is 44.1 Å². The first-order valence-electron chi connectivity index (χ1n) is 14.3. The molecular formula is C31H56O2. The maximum Gasteiger partial charge on any atom is 0.0512 e. The quantitative estimate of drug-likeness (QED) is 0.360. The Hall–Kier alpha value is -0.340. The first-order chi connectivity index (χ1) is 15.3. The van der Waals surface area contributed by atoms with Crippen LogP contribution in [0.15, 0.2) is 12.2 Å². The third kappa shape index (κ3) is 4.18. The maximum atomic E-state index is 10.6. The topological polar surface area (TPSA) is 40.5 Å². The molecule has 3 rings (SSSR count). The molecule has 0 spiro atoms. The Labute approximate surface area is 206 Å². The molecule has 0 bridgehead atoms. The monoisotopic (exact) mass is 460 g/mol. The molecule has 0 amide bonds. The van der Waals surface area contributed by atoms with Crippen molar-refractivity contribution in [3.63, 3.8) is 0 Å². The van der Waals surface area contributed by atoms with E-state index >= 15 is 0 Å². The van der Waals surface area contributed by atoms with E-state index in [1.54, 1.807) is 0 Å². The van der Waals surface area contributed by atoms with Gasteiger partial charge in [0.15, 0.2) is 0 Å². The molecule has 0 aromatic carbocycles. The van der Waals surface area contributed by atoms with Gasteiger partial charge in [-0.25, -0.2) is 0 Å². The molecule has 0 aliphatic heterocycles. The van der Waals surface area contributed by atoms with Gasteiger partial charge in [-0.15, -0.1) is 0 Å². The predicted octanol–water partition coefficient (Wildman–Crippen LogP) is 8.02. The fourth-order valence-electron chi connectivity index (χ4n) is 10.1. The molecule has 192 valence electrons. The minimum absolute atomic E-state index is 0.00322. The van der Waals surface area contributed by atoms with E-state index in [-0.39, 0.29) is 11.5 Å². The number of hydrogen-bond acceptors (Lipinski definition) is 2. The van der Waals surface area contributed by atoms with Crippen molar-refractivity contribution >= 4 is 0 Å². The van der Waals surface area contributed by atoms with Crippen molar-refractivity contribution < 1.29 is 10.2 Å². The van der Waals surface area contributed by atoms with Crippen LogP contribution in [0, 0.1) is 51.2 Å². The van der Waals surface area contributed by atoms with Crippen molar-refractivity contribution in [2.75, 3.05) is 6.61 Å². The average molecular weight is 461 g/mol. The van der Waals surface area contributed by atoms with Crippen LogP contribution in [-0.2, 0) is 0 Å². The summed E-state index contributed by atoms with van der Waals surface area (Å²) in [5.74, 6) is 3.18. The summed E-state index contributed by atoms with van der Waals surface area (Å²) in [7, 11) is 0. The molecule has 0 radical (unpaired) electrons. The highest BCUT2D eigenvalue weighted by Gasteiger charge is 2.67. The summed E-state index contributed by atoms with van der Waals surface area (Å²) in [5, 5.41) is 20.8. The lowest BCUT2D eigenvalue weighted by Gasteiger charge is -2.71. The Bertz CT molecular complexity index is 699. The zero-order valence-electron chi connectivity index (χ0n) is 23.3. The van der Waals surface area contributed by atoms with E-state index in [4.69, 9.17) is 0 Å². The van der Waals surface area contributed by atoms with E-state index in [2.05, 4.69) is 55.0 Å². The Kier molecular flexibility index (Phi) is 7.93. The van der Waals surface area contributed by atoms with Crippen LogP contribution < -0.4 is 0 Å². The molecule has 0 heterocycles. The Balaban J connectivity index is 2.06. The van der Waals surface area contributed by atoms with E-state index in [9.17, 15) is 10.2 Å². The zero-order valence-corrected chi connectivity index (χ0v) is 23.3. The lowest BCUT2D eigenvalue weighted by molar-refractivity contribution is -0.228. The van der Waals surface area contributed by atoms with Gasteiger partial charge in [-0.2, -0.15) is 0 Å². The largest absolute Gasteiger partial charge is 0.396 e. The van der Waals surface area contributed by atoms with Gasteiger partial charge in [0.1, 0.15) is 0 Å². The van der Waals surface area contributed by atoms with Crippen molar-refractivity contribution in [1.29, 1.82) is 0 Å². The van der Waals surface area contributed by atoms with Gasteiger partial charge in [-0.3, -0.25) is 0 Å². The van der Waals surface area contributed by atoms with Gasteiger partial charge in [0.25, 0.3) is 0 Å². The van der Waals surface area contributed by atoms with Gasteiger partial charge in [0, 0.05) is 6.61 Å². The number of rotatable bonds is 8. The third-order valence-corrected chi connectivity index (χ3v) is 12.3. The summed E-state index contributed by atoms with van der Waals surface area (Å²) in [6.07, 6.45) is 11.9. The van der Waals surface area contributed by atoms with E-state index in [0.29, 0.717) is 40.6 Å². The number of allylic oxidation sites excluding steroid dienone is 1. The average Bonchev–Trinajstić information content (AvgIpc) is 2.76. The van der Waals surface area contributed by atoms with Gasteiger partial charge in [0.2, 0.25) is 0 Å². The minimum Gasteiger partial charge on any atom is -0.396 e. The van der Waals surface area contributed by atoms with Crippen molar-refractivity contribution in [1.82, 2.24) is 0 Å². The highest BCUT2D eigenvalue weighted by atomic mass is 16.3. The van der Waals surface area contributed by atoms with E-state index < -0.39 is 0 Å². The molecule has 3 aliphatic carbocycles. The smallest absolute Gasteiger partial charge is 0.0512 e. The van der Waals surface area contributed by atoms with Gasteiger partial charge in [-0.05, 0) is 123 Å². The van der Waals surface area contributed by atoms with Crippen molar-refractivity contribution in [2.24, 2.45) is 51.2 Å². The van der Waals surface area contributed by atoms with Crippen LogP contribution in [0.25, 0.3) is 0 Å². The standard InChI is InChI=1S/C31H56O2/c1-10-23-15-17-31(9)26(29(23,7)16-14-22(5)33)13-12-25-27(24(11-2)21(3)4)28(6,20-32)18-19-30(25,31)8/h22-27,32-33H,3,10-20H2,1-2,4-9H3/t22?,23?,24-,25?,26?,27?,28?,29?,30+,31?/m0/s1. The van der Waals surface area contributed by atoms with Gasteiger partial charge < -0.3 is 10.2 Å². The Morgan fingerprint density at radius 2 is 1.67 bits per heavy atom. The molecule has 33 heavy (non-hydrogen) atoms. The van der Waals surface area contributed by atoms with Crippen LogP contribution in [0.3, 0.4) is 0 Å². The molecule has 2 N–H and O–H groups in total. The summed E-state index contributed by atoms with van der Waals surface area (Å²) in [5.41, 5.74) is 2.28. The van der Waals surface area contributed by atoms with Gasteiger partial charge in [-0.1, -0.05) is 60.1 Å². The summed E-state index contributed by atoms with van der Waals surface area (Å²) in [4.78, 5) is 0. The summed E-state index contributed by atoms with van der Waals surface area (Å²) < 4.78 is 0. The lowest BCUT2D eigenvalue weighted by atomic mass is 9.33. The van der Waals surface area contributed by atoms with Crippen LogP contribution in [0.1, 0.15) is 120 Å². The molecule has 3 saturated carbocycles. The molecule has 0 aromatic rings. The summed E-state index contributed by atoms with van der Waals surface area (Å²) in [6, 6.07) is 0. The second-order valence-electron chi connectivity index (χ2n) is 13.8. The van der Waals surface area contributed by atoms with Crippen LogP contribution in [0.4, 0.5) is 0 Å². The number of fused-ring (bicyclic) bond motifs is 3. The second-order valence-corrected chi connectivity index (χ2v) is 13.8. The predicted molar refractivity (Wildman–Crippen MR) is 141 cm³/mol. The van der Waals surface area contributed by atoms with E-state index in [0.717, 1.165) is 37.5 Å². The number of aliphatic hydroxyl groups is 2. The number of hydrogen-bond donors (Lipinski definition) is 2. The van der Waals surface area contributed by atoms with Gasteiger partial charge in [0.05, 0.1) is 6.10 Å².